The summed E-state index contributed by atoms with van der Waals surface area (Å²) in [5.74, 6) is 0.00163. The number of amides is 1. The fraction of sp³-hybridized carbons (Fsp3) is 0.421. The number of hydrogen-bond acceptors (Lipinski definition) is 5. The molecule has 1 saturated carbocycles. The minimum Gasteiger partial charge on any atom is -0.374 e. The Morgan fingerprint density at radius 1 is 1.20 bits per heavy atom. The Kier molecular flexibility index (Phi) is 4.72. The lowest BCUT2D eigenvalue weighted by Gasteiger charge is -2.31. The fourth-order valence-electron chi connectivity index (χ4n) is 3.69. The molecule has 2 bridgehead atoms. The quantitative estimate of drug-likeness (QED) is 0.853. The third kappa shape index (κ3) is 3.41. The van der Waals surface area contributed by atoms with Crippen LogP contribution >= 0.6 is 0 Å². The molecular formula is C19H21N3O3. The van der Waals surface area contributed by atoms with Crippen LogP contribution in [0.1, 0.15) is 28.8 Å². The van der Waals surface area contributed by atoms with Crippen LogP contribution in [-0.2, 0) is 16.1 Å². The molecule has 2 fully saturated rings. The average Bonchev–Trinajstić information content (AvgIpc) is 2.96. The molecule has 0 radical (unpaired) electrons. The first kappa shape index (κ1) is 16.2. The molecule has 0 spiro atoms. The minimum absolute atomic E-state index is 0.00163. The third-order valence-corrected chi connectivity index (χ3v) is 4.92. The normalized spacial score (nSPS) is 25.6. The Morgan fingerprint density at radius 3 is 2.88 bits per heavy atom. The van der Waals surface area contributed by atoms with E-state index in [1.54, 1.807) is 36.9 Å². The van der Waals surface area contributed by atoms with Crippen molar-refractivity contribution < 1.29 is 14.3 Å². The van der Waals surface area contributed by atoms with Crippen molar-refractivity contribution in [2.45, 2.75) is 37.7 Å². The first-order valence-electron chi connectivity index (χ1n) is 8.66. The second kappa shape index (κ2) is 7.29. The van der Waals surface area contributed by atoms with E-state index in [1.807, 2.05) is 17.0 Å². The number of pyridine rings is 2. The topological polar surface area (TPSA) is 64.6 Å². The smallest absolute Gasteiger partial charge is 0.255 e. The highest BCUT2D eigenvalue weighted by Crippen LogP contribution is 2.33. The second-order valence-corrected chi connectivity index (χ2v) is 6.43. The van der Waals surface area contributed by atoms with Gasteiger partial charge in [-0.05, 0) is 42.7 Å². The number of ether oxygens (including phenoxy) is 2. The molecule has 2 aromatic heterocycles. The molecule has 2 aromatic rings. The van der Waals surface area contributed by atoms with Gasteiger partial charge in [0.2, 0.25) is 0 Å². The number of aromatic nitrogens is 2. The van der Waals surface area contributed by atoms with Gasteiger partial charge in [0.05, 0.1) is 30.9 Å². The summed E-state index contributed by atoms with van der Waals surface area (Å²) in [6.07, 6.45) is 8.58. The fourth-order valence-corrected chi connectivity index (χ4v) is 3.69. The van der Waals surface area contributed by atoms with Gasteiger partial charge < -0.3 is 14.4 Å². The lowest BCUT2D eigenvalue weighted by atomic mass is 10.1. The largest absolute Gasteiger partial charge is 0.374 e. The van der Waals surface area contributed by atoms with Crippen LogP contribution in [0.4, 0.5) is 0 Å². The van der Waals surface area contributed by atoms with E-state index in [4.69, 9.17) is 9.47 Å². The Hall–Kier alpha value is -2.31. The van der Waals surface area contributed by atoms with Gasteiger partial charge in [-0.25, -0.2) is 0 Å². The van der Waals surface area contributed by atoms with E-state index in [-0.39, 0.29) is 24.2 Å². The van der Waals surface area contributed by atoms with Gasteiger partial charge in [-0.3, -0.25) is 14.8 Å². The molecule has 25 heavy (non-hydrogen) atoms. The average molecular weight is 339 g/mol. The van der Waals surface area contributed by atoms with Crippen molar-refractivity contribution in [2.75, 3.05) is 13.2 Å². The van der Waals surface area contributed by atoms with E-state index in [9.17, 15) is 4.79 Å². The zero-order valence-corrected chi connectivity index (χ0v) is 14.0. The summed E-state index contributed by atoms with van der Waals surface area (Å²) in [6.45, 7) is 1.63. The minimum atomic E-state index is -0.101. The molecule has 1 aliphatic heterocycles. The first-order valence-corrected chi connectivity index (χ1v) is 8.66. The highest BCUT2D eigenvalue weighted by Gasteiger charge is 2.44. The lowest BCUT2D eigenvalue weighted by Crippen LogP contribution is -2.46. The molecule has 3 heterocycles. The highest BCUT2D eigenvalue weighted by molar-refractivity contribution is 5.94. The molecule has 0 N–H and O–H groups in total. The van der Waals surface area contributed by atoms with Gasteiger partial charge in [0.15, 0.2) is 0 Å². The number of carbonyl (C=O) groups is 1. The third-order valence-electron chi connectivity index (χ3n) is 4.92. The van der Waals surface area contributed by atoms with E-state index in [0.717, 1.165) is 18.4 Å². The summed E-state index contributed by atoms with van der Waals surface area (Å²) in [7, 11) is 0. The molecule has 6 nitrogen and oxygen atoms in total. The maximum Gasteiger partial charge on any atom is 0.255 e. The summed E-state index contributed by atoms with van der Waals surface area (Å²) in [4.78, 5) is 22.9. The summed E-state index contributed by atoms with van der Waals surface area (Å²) in [6, 6.07) is 7.52. The van der Waals surface area contributed by atoms with E-state index in [0.29, 0.717) is 25.3 Å². The molecule has 6 heteroatoms. The predicted octanol–water partition coefficient (Wildman–Crippen LogP) is 2.07. The molecule has 130 valence electrons. The lowest BCUT2D eigenvalue weighted by molar-refractivity contribution is -0.0597. The van der Waals surface area contributed by atoms with Crippen LogP contribution in [-0.4, -0.2) is 52.2 Å². The van der Waals surface area contributed by atoms with E-state index >= 15 is 0 Å². The number of nitrogens with zero attached hydrogens (tertiary/aromatic N) is 3. The summed E-state index contributed by atoms with van der Waals surface area (Å²) < 4.78 is 12.2. The van der Waals surface area contributed by atoms with Crippen molar-refractivity contribution in [2.24, 2.45) is 0 Å². The number of hydrogen-bond donors (Lipinski definition) is 0. The van der Waals surface area contributed by atoms with E-state index in [2.05, 4.69) is 9.97 Å². The molecule has 2 aliphatic rings. The maximum absolute atomic E-state index is 12.9. The van der Waals surface area contributed by atoms with Crippen LogP contribution in [0.2, 0.25) is 0 Å². The maximum atomic E-state index is 12.9. The van der Waals surface area contributed by atoms with Gasteiger partial charge in [-0.15, -0.1) is 0 Å². The summed E-state index contributed by atoms with van der Waals surface area (Å²) >= 11 is 0. The Morgan fingerprint density at radius 2 is 2.08 bits per heavy atom. The number of carbonyl (C=O) groups excluding carboxylic acids is 1. The van der Waals surface area contributed by atoms with Crippen molar-refractivity contribution in [1.29, 1.82) is 0 Å². The molecule has 0 aromatic carbocycles. The van der Waals surface area contributed by atoms with Crippen LogP contribution in [0.3, 0.4) is 0 Å². The molecule has 3 atom stereocenters. The van der Waals surface area contributed by atoms with Crippen LogP contribution < -0.4 is 0 Å². The summed E-state index contributed by atoms with van der Waals surface area (Å²) in [5.41, 5.74) is 1.68. The van der Waals surface area contributed by atoms with Crippen LogP contribution in [0.5, 0.6) is 0 Å². The molecular weight excluding hydrogens is 318 g/mol. The molecule has 1 aliphatic carbocycles. The molecule has 1 saturated heterocycles. The van der Waals surface area contributed by atoms with Crippen LogP contribution in [0.15, 0.2) is 49.1 Å². The SMILES string of the molecule is O=C(c1cccnc1)N1CCO[C@H]2CC[C@H]1[C@H]2OCc1ccncc1. The Balaban J connectivity index is 1.51. The summed E-state index contributed by atoms with van der Waals surface area (Å²) in [5, 5.41) is 0. The Bertz CT molecular complexity index is 710. The van der Waals surface area contributed by atoms with Crippen molar-refractivity contribution in [3.8, 4) is 0 Å². The van der Waals surface area contributed by atoms with Gasteiger partial charge in [0.25, 0.3) is 5.91 Å². The van der Waals surface area contributed by atoms with Crippen LogP contribution in [0.25, 0.3) is 0 Å². The number of fused-ring (bicyclic) bond motifs is 2. The van der Waals surface area contributed by atoms with Crippen molar-refractivity contribution >= 4 is 5.91 Å². The molecule has 1 amide bonds. The monoisotopic (exact) mass is 339 g/mol. The molecule has 4 rings (SSSR count). The first-order chi connectivity index (χ1) is 12.3. The second-order valence-electron chi connectivity index (χ2n) is 6.43. The van der Waals surface area contributed by atoms with E-state index in [1.165, 1.54) is 0 Å². The van der Waals surface area contributed by atoms with Crippen LogP contribution in [0, 0.1) is 0 Å². The predicted molar refractivity (Wildman–Crippen MR) is 90.8 cm³/mol. The highest BCUT2D eigenvalue weighted by atomic mass is 16.5. The van der Waals surface area contributed by atoms with Gasteiger partial charge >= 0.3 is 0 Å². The van der Waals surface area contributed by atoms with Crippen molar-refractivity contribution in [1.82, 2.24) is 14.9 Å². The van der Waals surface area contributed by atoms with Crippen molar-refractivity contribution in [3.63, 3.8) is 0 Å². The standard InChI is InChI=1S/C19H21N3O3/c23-19(15-2-1-7-21-12-15)22-10-11-24-17-4-3-16(22)18(17)25-13-14-5-8-20-9-6-14/h1-2,5-9,12,16-18H,3-4,10-11,13H2/t16-,17-,18+/m0/s1. The number of rotatable bonds is 4. The zero-order valence-electron chi connectivity index (χ0n) is 14.0. The van der Waals surface area contributed by atoms with E-state index < -0.39 is 0 Å². The van der Waals surface area contributed by atoms with Crippen molar-refractivity contribution in [3.05, 3.63) is 60.2 Å². The Labute approximate surface area is 146 Å². The van der Waals surface area contributed by atoms with Gasteiger partial charge in [-0.1, -0.05) is 0 Å². The van der Waals surface area contributed by atoms with Gasteiger partial charge in [0.1, 0.15) is 6.10 Å². The van der Waals surface area contributed by atoms with Gasteiger partial charge in [0, 0.05) is 31.3 Å². The molecule has 0 unspecified atom stereocenters. The van der Waals surface area contributed by atoms with Gasteiger partial charge in [-0.2, -0.15) is 0 Å². The zero-order chi connectivity index (χ0) is 17.1.